The van der Waals surface area contributed by atoms with Crippen molar-refractivity contribution in [2.75, 3.05) is 11.1 Å². The number of nitrogens with zero attached hydrogens (tertiary/aromatic N) is 4. The van der Waals surface area contributed by atoms with Gasteiger partial charge in [-0.15, -0.1) is 0 Å². The molecule has 0 aliphatic carbocycles. The molecule has 1 aromatic heterocycles. The van der Waals surface area contributed by atoms with Crippen molar-refractivity contribution in [3.05, 3.63) is 12.7 Å². The first-order chi connectivity index (χ1) is 6.20. The van der Waals surface area contributed by atoms with Gasteiger partial charge in [-0.25, -0.2) is 15.0 Å². The summed E-state index contributed by atoms with van der Waals surface area (Å²) in [5.74, 6) is 0.865. The summed E-state index contributed by atoms with van der Waals surface area (Å²) in [4.78, 5) is 12.2. The molecule has 1 aromatic rings. The molecule has 0 amide bonds. The van der Waals surface area contributed by atoms with Crippen LogP contribution in [-0.2, 0) is 0 Å². The Hall–Kier alpha value is -0.973. The lowest BCUT2D eigenvalue weighted by Crippen LogP contribution is -2.44. The molecule has 4 nitrogen and oxygen atoms in total. The molecule has 5 heteroatoms. The normalized spacial score (nSPS) is 20.6. The topological polar surface area (TPSA) is 41.9 Å². The van der Waals surface area contributed by atoms with Gasteiger partial charge in [0.25, 0.3) is 0 Å². The predicted molar refractivity (Wildman–Crippen MR) is 54.1 cm³/mol. The van der Waals surface area contributed by atoms with Gasteiger partial charge >= 0.3 is 0 Å². The Kier molecular flexibility index (Phi) is 2.03. The van der Waals surface area contributed by atoms with Gasteiger partial charge in [0.05, 0.1) is 0 Å². The Labute approximate surface area is 79.1 Å². The van der Waals surface area contributed by atoms with E-state index in [1.807, 2.05) is 0 Å². The zero-order valence-electron chi connectivity index (χ0n) is 8.06. The molecule has 1 fully saturated rings. The quantitative estimate of drug-likeness (QED) is 0.632. The van der Waals surface area contributed by atoms with Gasteiger partial charge in [-0.05, 0) is 12.5 Å². The molecule has 1 aliphatic heterocycles. The van der Waals surface area contributed by atoms with Crippen LogP contribution >= 0.6 is 0 Å². The van der Waals surface area contributed by atoms with E-state index in [0.717, 1.165) is 12.5 Å². The van der Waals surface area contributed by atoms with Crippen molar-refractivity contribution in [1.29, 1.82) is 0 Å². The molecule has 0 spiro atoms. The highest BCUT2D eigenvalue weighted by Gasteiger charge is 2.35. The van der Waals surface area contributed by atoms with Gasteiger partial charge in [0.15, 0.2) is 8.24 Å². The molecule has 0 saturated carbocycles. The molecule has 0 radical (unpaired) electrons. The fourth-order valence-corrected chi connectivity index (χ4v) is 4.56. The van der Waals surface area contributed by atoms with E-state index in [9.17, 15) is 0 Å². The van der Waals surface area contributed by atoms with Crippen LogP contribution in [0.15, 0.2) is 12.7 Å². The smallest absolute Gasteiger partial charge is 0.220 e. The van der Waals surface area contributed by atoms with Crippen LogP contribution in [-0.4, -0.2) is 29.7 Å². The third-order valence-electron chi connectivity index (χ3n) is 2.62. The lowest BCUT2D eigenvalue weighted by Gasteiger charge is -2.29. The van der Waals surface area contributed by atoms with E-state index < -0.39 is 8.24 Å². The number of hydrogen-bond donors (Lipinski definition) is 0. The van der Waals surface area contributed by atoms with E-state index >= 15 is 0 Å². The van der Waals surface area contributed by atoms with Crippen LogP contribution in [0.4, 0.5) is 5.95 Å². The van der Waals surface area contributed by atoms with E-state index in [1.54, 1.807) is 12.7 Å². The van der Waals surface area contributed by atoms with Crippen molar-refractivity contribution in [2.45, 2.75) is 25.6 Å². The van der Waals surface area contributed by atoms with E-state index in [-0.39, 0.29) is 0 Å². The molecule has 13 heavy (non-hydrogen) atoms. The van der Waals surface area contributed by atoms with Gasteiger partial charge in [-0.3, -0.25) is 0 Å². The highest BCUT2D eigenvalue weighted by Crippen LogP contribution is 2.28. The molecule has 0 bridgehead atoms. The zero-order chi connectivity index (χ0) is 9.31. The van der Waals surface area contributed by atoms with Crippen molar-refractivity contribution < 1.29 is 0 Å². The molecular weight excluding hydrogens is 180 g/mol. The maximum absolute atomic E-state index is 4.19. The van der Waals surface area contributed by atoms with Crippen LogP contribution in [0.1, 0.15) is 6.42 Å². The second-order valence-corrected chi connectivity index (χ2v) is 8.67. The Morgan fingerprint density at radius 3 is 2.54 bits per heavy atom. The monoisotopic (exact) mass is 194 g/mol. The van der Waals surface area contributed by atoms with Crippen LogP contribution in [0, 0.1) is 0 Å². The average molecular weight is 194 g/mol. The third-order valence-corrected chi connectivity index (χ3v) is 6.08. The van der Waals surface area contributed by atoms with Crippen LogP contribution in [0.5, 0.6) is 0 Å². The summed E-state index contributed by atoms with van der Waals surface area (Å²) in [5, 5.41) is 0. The summed E-state index contributed by atoms with van der Waals surface area (Å²) in [6, 6.07) is 1.35. The lowest BCUT2D eigenvalue weighted by atomic mass is 10.5. The minimum atomic E-state index is -1.23. The molecule has 0 N–H and O–H groups in total. The van der Waals surface area contributed by atoms with Gasteiger partial charge in [0.2, 0.25) is 5.95 Å². The Morgan fingerprint density at radius 1 is 1.31 bits per heavy atom. The van der Waals surface area contributed by atoms with E-state index in [2.05, 4.69) is 32.6 Å². The predicted octanol–water partition coefficient (Wildman–Crippen LogP) is 1.29. The van der Waals surface area contributed by atoms with Crippen molar-refractivity contribution in [1.82, 2.24) is 15.0 Å². The van der Waals surface area contributed by atoms with Crippen molar-refractivity contribution >= 4 is 14.2 Å². The molecule has 0 unspecified atom stereocenters. The Morgan fingerprint density at radius 2 is 2.00 bits per heavy atom. The minimum Gasteiger partial charge on any atom is -0.368 e. The summed E-state index contributed by atoms with van der Waals surface area (Å²) < 4.78 is 2.38. The number of aromatic nitrogens is 3. The zero-order valence-corrected chi connectivity index (χ0v) is 9.06. The molecular formula is C8H14N4Si. The van der Waals surface area contributed by atoms with Gasteiger partial charge in [0, 0.05) is 6.54 Å². The van der Waals surface area contributed by atoms with Gasteiger partial charge in [0.1, 0.15) is 12.7 Å². The van der Waals surface area contributed by atoms with Crippen LogP contribution in [0.2, 0.25) is 19.1 Å². The summed E-state index contributed by atoms with van der Waals surface area (Å²) in [6.07, 6.45) is 4.43. The fourth-order valence-electron chi connectivity index (χ4n) is 1.85. The van der Waals surface area contributed by atoms with Crippen LogP contribution < -0.4 is 4.57 Å². The Balaban J connectivity index is 2.27. The Bertz CT molecular complexity index is 287. The maximum Gasteiger partial charge on any atom is 0.220 e. The first-order valence-corrected chi connectivity index (χ1v) is 7.75. The molecule has 2 rings (SSSR count). The average Bonchev–Trinajstić information content (AvgIpc) is 2.47. The number of rotatable bonds is 1. The molecule has 1 aliphatic rings. The van der Waals surface area contributed by atoms with Gasteiger partial charge in [-0.2, -0.15) is 0 Å². The highest BCUT2D eigenvalue weighted by molar-refractivity contribution is 6.81. The van der Waals surface area contributed by atoms with Crippen molar-refractivity contribution in [3.63, 3.8) is 0 Å². The SMILES string of the molecule is C[Si]1(C)CCCN1c1ncncn1. The second kappa shape index (κ2) is 3.06. The molecule has 70 valence electrons. The van der Waals surface area contributed by atoms with Crippen LogP contribution in [0.3, 0.4) is 0 Å². The largest absolute Gasteiger partial charge is 0.368 e. The summed E-state index contributed by atoms with van der Waals surface area (Å²) in [6.45, 7) is 5.84. The van der Waals surface area contributed by atoms with Crippen LogP contribution in [0.25, 0.3) is 0 Å². The van der Waals surface area contributed by atoms with E-state index in [0.29, 0.717) is 0 Å². The minimum absolute atomic E-state index is 0.865. The lowest BCUT2D eigenvalue weighted by molar-refractivity contribution is 0.921. The van der Waals surface area contributed by atoms with Crippen molar-refractivity contribution in [3.8, 4) is 0 Å². The summed E-state index contributed by atoms with van der Waals surface area (Å²) in [5.41, 5.74) is 0. The fraction of sp³-hybridized carbons (Fsp3) is 0.625. The first kappa shape index (κ1) is 8.62. The van der Waals surface area contributed by atoms with Gasteiger partial charge < -0.3 is 4.57 Å². The number of anilines is 1. The summed E-state index contributed by atoms with van der Waals surface area (Å²) >= 11 is 0. The van der Waals surface area contributed by atoms with Gasteiger partial charge in [-0.1, -0.05) is 13.1 Å². The molecule has 2 heterocycles. The standard InChI is InChI=1S/C8H14N4Si/c1-13(2)5-3-4-12(13)8-10-6-9-7-11-8/h6-7H,3-5H2,1-2H3. The molecule has 1 saturated heterocycles. The molecule has 0 aromatic carbocycles. The van der Waals surface area contributed by atoms with Crippen molar-refractivity contribution in [2.24, 2.45) is 0 Å². The second-order valence-electron chi connectivity index (χ2n) is 4.01. The van der Waals surface area contributed by atoms with E-state index in [1.165, 1.54) is 12.5 Å². The van der Waals surface area contributed by atoms with E-state index in [4.69, 9.17) is 0 Å². The maximum atomic E-state index is 4.19. The summed E-state index contributed by atoms with van der Waals surface area (Å²) in [7, 11) is -1.23. The molecule has 0 atom stereocenters. The number of hydrogen-bond acceptors (Lipinski definition) is 4. The highest BCUT2D eigenvalue weighted by atomic mass is 28.3. The first-order valence-electron chi connectivity index (χ1n) is 4.60. The third kappa shape index (κ3) is 1.56.